The predicted molar refractivity (Wildman–Crippen MR) is 143 cm³/mol. The number of hydrogen-bond acceptors (Lipinski definition) is 5. The summed E-state index contributed by atoms with van der Waals surface area (Å²) in [4.78, 5) is 39.5. The Labute approximate surface area is 226 Å². The molecule has 0 atom stereocenters. The van der Waals surface area contributed by atoms with Crippen molar-refractivity contribution in [3.8, 4) is 11.5 Å². The molecule has 2 fully saturated rings. The number of benzene rings is 2. The van der Waals surface area contributed by atoms with Gasteiger partial charge in [-0.2, -0.15) is 0 Å². The van der Waals surface area contributed by atoms with Crippen LogP contribution in [0.5, 0.6) is 11.5 Å². The molecule has 37 heavy (non-hydrogen) atoms. The van der Waals surface area contributed by atoms with Crippen LogP contribution < -0.4 is 14.8 Å². The fraction of sp³-hybridized carbons (Fsp3) is 0.321. The zero-order valence-electron chi connectivity index (χ0n) is 20.5. The Morgan fingerprint density at radius 3 is 2.51 bits per heavy atom. The van der Waals surface area contributed by atoms with Gasteiger partial charge in [0, 0.05) is 27.2 Å². The predicted octanol–water partition coefficient (Wildman–Crippen LogP) is 6.10. The van der Waals surface area contributed by atoms with Gasteiger partial charge in [0.2, 0.25) is 0 Å². The third-order valence-corrected chi connectivity index (χ3v) is 6.93. The van der Waals surface area contributed by atoms with E-state index in [1.807, 2.05) is 13.0 Å². The summed E-state index contributed by atoms with van der Waals surface area (Å²) in [5, 5.41) is 3.33. The van der Waals surface area contributed by atoms with Gasteiger partial charge in [0.1, 0.15) is 12.2 Å². The molecule has 2 aromatic carbocycles. The number of ether oxygens (including phenoxy) is 2. The molecule has 0 bridgehead atoms. The lowest BCUT2D eigenvalue weighted by Gasteiger charge is -2.31. The average molecular weight is 543 g/mol. The van der Waals surface area contributed by atoms with Gasteiger partial charge in [0.15, 0.2) is 11.5 Å². The van der Waals surface area contributed by atoms with E-state index in [1.54, 1.807) is 30.3 Å². The summed E-state index contributed by atoms with van der Waals surface area (Å²) in [7, 11) is 0. The van der Waals surface area contributed by atoms with Crippen LogP contribution in [0.4, 0.5) is 4.79 Å². The topological polar surface area (TPSA) is 84.9 Å². The lowest BCUT2D eigenvalue weighted by atomic mass is 10.0. The Bertz CT molecular complexity index is 1270. The van der Waals surface area contributed by atoms with Crippen LogP contribution in [0.2, 0.25) is 10.0 Å². The van der Waals surface area contributed by atoms with Crippen LogP contribution in [0.3, 0.4) is 0 Å². The van der Waals surface area contributed by atoms with Gasteiger partial charge < -0.3 is 9.47 Å². The molecule has 1 aliphatic carbocycles. The third kappa shape index (κ3) is 6.00. The van der Waals surface area contributed by atoms with Crippen molar-refractivity contribution < 1.29 is 23.9 Å². The Kier molecular flexibility index (Phi) is 8.56. The summed E-state index contributed by atoms with van der Waals surface area (Å²) in [5.74, 6) is -0.338. The normalized spacial score (nSPS) is 17.3. The van der Waals surface area contributed by atoms with Crippen LogP contribution in [0.15, 0.2) is 48.6 Å². The van der Waals surface area contributed by atoms with E-state index in [-0.39, 0.29) is 18.2 Å². The quantitative estimate of drug-likeness (QED) is 0.235. The van der Waals surface area contributed by atoms with E-state index < -0.39 is 17.8 Å². The second kappa shape index (κ2) is 11.8. The number of allylic oxidation sites excluding steroid dienone is 1. The van der Waals surface area contributed by atoms with E-state index in [4.69, 9.17) is 32.7 Å². The van der Waals surface area contributed by atoms with E-state index in [0.717, 1.165) is 36.8 Å². The number of urea groups is 1. The smallest absolute Gasteiger partial charge is 0.331 e. The first-order valence-corrected chi connectivity index (χ1v) is 13.0. The van der Waals surface area contributed by atoms with Crippen molar-refractivity contribution in [2.24, 2.45) is 0 Å². The molecule has 1 aliphatic heterocycles. The lowest BCUT2D eigenvalue weighted by Crippen LogP contribution is -2.57. The molecule has 1 heterocycles. The second-order valence-corrected chi connectivity index (χ2v) is 9.73. The number of rotatable bonds is 9. The van der Waals surface area contributed by atoms with Gasteiger partial charge >= 0.3 is 6.03 Å². The van der Waals surface area contributed by atoms with Crippen LogP contribution in [0.25, 0.3) is 6.08 Å². The maximum absolute atomic E-state index is 13.2. The molecule has 2 aliphatic rings. The van der Waals surface area contributed by atoms with Crippen molar-refractivity contribution in [2.75, 3.05) is 6.61 Å². The van der Waals surface area contributed by atoms with Crippen LogP contribution in [0.1, 0.15) is 49.3 Å². The largest absolute Gasteiger partial charge is 0.490 e. The summed E-state index contributed by atoms with van der Waals surface area (Å²) in [6.07, 6.45) is 7.03. The maximum Gasteiger partial charge on any atom is 0.331 e. The molecule has 9 heteroatoms. The van der Waals surface area contributed by atoms with Crippen molar-refractivity contribution >= 4 is 47.1 Å². The highest BCUT2D eigenvalue weighted by atomic mass is 35.5. The number of amides is 4. The van der Waals surface area contributed by atoms with E-state index in [0.29, 0.717) is 40.1 Å². The number of halogens is 2. The number of barbiturate groups is 1. The third-order valence-electron chi connectivity index (χ3n) is 6.34. The fourth-order valence-corrected chi connectivity index (χ4v) is 5.08. The lowest BCUT2D eigenvalue weighted by molar-refractivity contribution is -0.131. The van der Waals surface area contributed by atoms with E-state index in [9.17, 15) is 14.4 Å². The molecule has 4 amide bonds. The van der Waals surface area contributed by atoms with Crippen molar-refractivity contribution in [1.29, 1.82) is 0 Å². The zero-order valence-corrected chi connectivity index (χ0v) is 22.0. The van der Waals surface area contributed by atoms with Gasteiger partial charge in [-0.1, -0.05) is 48.2 Å². The monoisotopic (exact) mass is 542 g/mol. The molecule has 4 rings (SSSR count). The van der Waals surface area contributed by atoms with Gasteiger partial charge in [-0.3, -0.25) is 19.8 Å². The zero-order chi connectivity index (χ0) is 26.5. The van der Waals surface area contributed by atoms with E-state index in [2.05, 4.69) is 11.9 Å². The summed E-state index contributed by atoms with van der Waals surface area (Å²) in [6.45, 7) is 6.24. The molecule has 0 unspecified atom stereocenters. The van der Waals surface area contributed by atoms with Crippen LogP contribution >= 0.6 is 23.2 Å². The first-order valence-electron chi connectivity index (χ1n) is 12.2. The van der Waals surface area contributed by atoms with Gasteiger partial charge in [0.25, 0.3) is 11.8 Å². The molecule has 194 valence electrons. The first-order chi connectivity index (χ1) is 17.8. The number of nitrogens with one attached hydrogen (secondary N) is 1. The van der Waals surface area contributed by atoms with Crippen LogP contribution in [-0.4, -0.2) is 35.4 Å². The highest BCUT2D eigenvalue weighted by molar-refractivity contribution is 6.35. The standard InChI is InChI=1S/C28H28Cl2N2O5/c1-3-7-18-12-17(13-22-26(33)31-28(35)32(27(22)34)21-8-5-6-9-21)14-24(36-4-2)25(18)37-16-19-10-11-20(29)15-23(19)30/h3,10-15,21H,1,4-9,16H2,2H3,(H,31,33,35)/b22-13+. The van der Waals surface area contributed by atoms with Crippen LogP contribution in [-0.2, 0) is 22.6 Å². The highest BCUT2D eigenvalue weighted by Gasteiger charge is 2.40. The fourth-order valence-electron chi connectivity index (χ4n) is 4.62. The number of carbonyl (C=O) groups excluding carboxylic acids is 3. The van der Waals surface area contributed by atoms with Crippen molar-refractivity contribution in [2.45, 2.75) is 51.7 Å². The van der Waals surface area contributed by atoms with Crippen molar-refractivity contribution in [3.05, 3.63) is 75.3 Å². The molecule has 0 radical (unpaired) electrons. The Balaban J connectivity index is 1.69. The maximum atomic E-state index is 13.2. The van der Waals surface area contributed by atoms with Gasteiger partial charge in [0.05, 0.1) is 6.61 Å². The molecule has 1 N–H and O–H groups in total. The van der Waals surface area contributed by atoms with Gasteiger partial charge in [-0.05, 0) is 62.1 Å². The van der Waals surface area contributed by atoms with Crippen molar-refractivity contribution in [3.63, 3.8) is 0 Å². The summed E-state index contributed by atoms with van der Waals surface area (Å²) >= 11 is 12.3. The molecule has 0 spiro atoms. The Morgan fingerprint density at radius 2 is 1.84 bits per heavy atom. The summed E-state index contributed by atoms with van der Waals surface area (Å²) in [5.41, 5.74) is 1.98. The SMILES string of the molecule is C=CCc1cc(/C=C2\C(=O)NC(=O)N(C3CCCC3)C2=O)cc(OCC)c1OCc1ccc(Cl)cc1Cl. The first kappa shape index (κ1) is 26.8. The van der Waals surface area contributed by atoms with Crippen LogP contribution in [0, 0.1) is 0 Å². The minimum atomic E-state index is -0.717. The highest BCUT2D eigenvalue weighted by Crippen LogP contribution is 2.36. The summed E-state index contributed by atoms with van der Waals surface area (Å²) < 4.78 is 12.0. The molecule has 7 nitrogen and oxygen atoms in total. The van der Waals surface area contributed by atoms with Gasteiger partial charge in [-0.15, -0.1) is 6.58 Å². The summed E-state index contributed by atoms with van der Waals surface area (Å²) in [6, 6.07) is 7.84. The van der Waals surface area contributed by atoms with Crippen molar-refractivity contribution in [1.82, 2.24) is 10.2 Å². The molecule has 2 aromatic rings. The second-order valence-electron chi connectivity index (χ2n) is 8.89. The van der Waals surface area contributed by atoms with E-state index >= 15 is 0 Å². The van der Waals surface area contributed by atoms with E-state index in [1.165, 1.54) is 11.0 Å². The number of nitrogens with zero attached hydrogens (tertiary/aromatic N) is 1. The Morgan fingerprint density at radius 1 is 1.08 bits per heavy atom. The minimum Gasteiger partial charge on any atom is -0.490 e. The number of hydrogen-bond donors (Lipinski definition) is 1. The molecule has 0 aromatic heterocycles. The Hall–Kier alpha value is -3.29. The molecule has 1 saturated heterocycles. The molecule has 1 saturated carbocycles. The van der Waals surface area contributed by atoms with Gasteiger partial charge in [-0.25, -0.2) is 4.79 Å². The minimum absolute atomic E-state index is 0.0971. The molecular formula is C28H28Cl2N2O5. The molecular weight excluding hydrogens is 515 g/mol. The number of imide groups is 2. The number of carbonyl (C=O) groups is 3. The average Bonchev–Trinajstić information content (AvgIpc) is 3.37.